The van der Waals surface area contributed by atoms with Gasteiger partial charge in [0.1, 0.15) is 0 Å². The molecule has 1 aromatic carbocycles. The van der Waals surface area contributed by atoms with Gasteiger partial charge < -0.3 is 5.73 Å². The number of nitrogens with two attached hydrogens (primary N) is 1. The molecule has 0 saturated carbocycles. The van der Waals surface area contributed by atoms with E-state index in [0.717, 1.165) is 17.5 Å². The lowest BCUT2D eigenvalue weighted by molar-refractivity contribution is 0.580. The molecule has 6 heteroatoms. The van der Waals surface area contributed by atoms with Crippen molar-refractivity contribution in [2.45, 2.75) is 31.3 Å². The van der Waals surface area contributed by atoms with Crippen molar-refractivity contribution < 1.29 is 8.42 Å². The summed E-state index contributed by atoms with van der Waals surface area (Å²) in [5.41, 5.74) is 7.72. The third-order valence-corrected chi connectivity index (χ3v) is 5.69. The SMILES string of the molecule is CCc1ccccc1CNS(=O)(=O)c1ccsc1CN. The molecular formula is C14H18N2O2S2. The van der Waals surface area contributed by atoms with Crippen LogP contribution in [0.5, 0.6) is 0 Å². The van der Waals surface area contributed by atoms with E-state index in [1.807, 2.05) is 24.3 Å². The fourth-order valence-electron chi connectivity index (χ4n) is 2.04. The van der Waals surface area contributed by atoms with Gasteiger partial charge in [0.25, 0.3) is 0 Å². The molecule has 0 fully saturated rings. The Kier molecular flexibility index (Phi) is 4.93. The van der Waals surface area contributed by atoms with Crippen molar-refractivity contribution in [2.24, 2.45) is 5.73 Å². The van der Waals surface area contributed by atoms with E-state index in [9.17, 15) is 8.42 Å². The Morgan fingerprint density at radius 2 is 1.90 bits per heavy atom. The highest BCUT2D eigenvalue weighted by atomic mass is 32.2. The molecule has 0 radical (unpaired) electrons. The summed E-state index contributed by atoms with van der Waals surface area (Å²) in [5, 5.41) is 1.75. The van der Waals surface area contributed by atoms with Crippen molar-refractivity contribution in [2.75, 3.05) is 0 Å². The van der Waals surface area contributed by atoms with Crippen molar-refractivity contribution in [3.8, 4) is 0 Å². The van der Waals surface area contributed by atoms with Gasteiger partial charge >= 0.3 is 0 Å². The fourth-order valence-corrected chi connectivity index (χ4v) is 4.38. The second-order valence-corrected chi connectivity index (χ2v) is 7.10. The van der Waals surface area contributed by atoms with Gasteiger partial charge in [-0.2, -0.15) is 0 Å². The van der Waals surface area contributed by atoms with Gasteiger partial charge in [0.15, 0.2) is 0 Å². The van der Waals surface area contributed by atoms with Crippen LogP contribution in [0.3, 0.4) is 0 Å². The number of rotatable bonds is 6. The highest BCUT2D eigenvalue weighted by molar-refractivity contribution is 7.89. The minimum Gasteiger partial charge on any atom is -0.326 e. The predicted octanol–water partition coefficient (Wildman–Crippen LogP) is 2.25. The maximum atomic E-state index is 12.3. The lowest BCUT2D eigenvalue weighted by Gasteiger charge is -2.10. The zero-order chi connectivity index (χ0) is 14.6. The average molecular weight is 310 g/mol. The van der Waals surface area contributed by atoms with Crippen LogP contribution in [0.15, 0.2) is 40.6 Å². The van der Waals surface area contributed by atoms with E-state index in [2.05, 4.69) is 11.6 Å². The molecule has 0 aliphatic heterocycles. The molecule has 2 rings (SSSR count). The molecule has 0 saturated heterocycles. The first-order chi connectivity index (χ1) is 9.58. The Morgan fingerprint density at radius 3 is 2.55 bits per heavy atom. The quantitative estimate of drug-likeness (QED) is 0.859. The van der Waals surface area contributed by atoms with Crippen LogP contribution in [0.1, 0.15) is 22.9 Å². The summed E-state index contributed by atoms with van der Waals surface area (Å²) in [4.78, 5) is 0.972. The van der Waals surface area contributed by atoms with Crippen LogP contribution in [-0.2, 0) is 29.5 Å². The molecule has 20 heavy (non-hydrogen) atoms. The van der Waals surface area contributed by atoms with Crippen LogP contribution in [0, 0.1) is 0 Å². The summed E-state index contributed by atoms with van der Waals surface area (Å²) in [7, 11) is -3.50. The van der Waals surface area contributed by atoms with Gasteiger partial charge in [-0.25, -0.2) is 13.1 Å². The van der Waals surface area contributed by atoms with E-state index >= 15 is 0 Å². The topological polar surface area (TPSA) is 72.2 Å². The maximum absolute atomic E-state index is 12.3. The number of nitrogens with one attached hydrogen (secondary N) is 1. The second-order valence-electron chi connectivity index (χ2n) is 4.36. The molecule has 1 aromatic heterocycles. The summed E-state index contributed by atoms with van der Waals surface area (Å²) in [6.07, 6.45) is 0.879. The van der Waals surface area contributed by atoms with Crippen molar-refractivity contribution >= 4 is 21.4 Å². The van der Waals surface area contributed by atoms with E-state index in [1.165, 1.54) is 11.3 Å². The molecule has 0 spiro atoms. The summed E-state index contributed by atoms with van der Waals surface area (Å²) >= 11 is 1.36. The predicted molar refractivity (Wildman–Crippen MR) is 82.1 cm³/mol. The molecule has 0 unspecified atom stereocenters. The molecule has 0 aliphatic carbocycles. The standard InChI is InChI=1S/C14H18N2O2S2/c1-2-11-5-3-4-6-12(11)10-16-20(17,18)14-7-8-19-13(14)9-15/h3-8,16H,2,9-10,15H2,1H3. The van der Waals surface area contributed by atoms with Crippen molar-refractivity contribution in [1.82, 2.24) is 4.72 Å². The number of hydrogen-bond donors (Lipinski definition) is 2. The van der Waals surface area contributed by atoms with Crippen LogP contribution in [-0.4, -0.2) is 8.42 Å². The van der Waals surface area contributed by atoms with Gasteiger partial charge in [-0.3, -0.25) is 0 Å². The van der Waals surface area contributed by atoms with Crippen LogP contribution < -0.4 is 10.5 Å². The number of aryl methyl sites for hydroxylation is 1. The van der Waals surface area contributed by atoms with Gasteiger partial charge in [0.2, 0.25) is 10.0 Å². The highest BCUT2D eigenvalue weighted by Crippen LogP contribution is 2.21. The van der Waals surface area contributed by atoms with Gasteiger partial charge in [0, 0.05) is 18.0 Å². The maximum Gasteiger partial charge on any atom is 0.242 e. The second kappa shape index (κ2) is 6.49. The Hall–Kier alpha value is -1.21. The zero-order valence-corrected chi connectivity index (χ0v) is 12.9. The van der Waals surface area contributed by atoms with Crippen molar-refractivity contribution in [1.29, 1.82) is 0 Å². The lowest BCUT2D eigenvalue weighted by atomic mass is 10.1. The van der Waals surface area contributed by atoms with E-state index in [4.69, 9.17) is 5.73 Å². The molecule has 1 heterocycles. The number of thiophene rings is 1. The van der Waals surface area contributed by atoms with Gasteiger partial charge in [-0.05, 0) is 29.0 Å². The smallest absolute Gasteiger partial charge is 0.242 e. The molecule has 0 amide bonds. The first-order valence-corrected chi connectivity index (χ1v) is 8.77. The minimum atomic E-state index is -3.50. The third kappa shape index (κ3) is 3.27. The van der Waals surface area contributed by atoms with Crippen LogP contribution in [0.2, 0.25) is 0 Å². The van der Waals surface area contributed by atoms with E-state index in [-0.39, 0.29) is 6.54 Å². The molecule has 0 aliphatic rings. The first-order valence-electron chi connectivity index (χ1n) is 6.41. The largest absolute Gasteiger partial charge is 0.326 e. The Morgan fingerprint density at radius 1 is 1.20 bits per heavy atom. The normalized spacial score (nSPS) is 11.7. The monoisotopic (exact) mass is 310 g/mol. The van der Waals surface area contributed by atoms with E-state index in [1.54, 1.807) is 11.4 Å². The van der Waals surface area contributed by atoms with E-state index in [0.29, 0.717) is 16.3 Å². The number of benzene rings is 1. The Labute approximate surface area is 123 Å². The third-order valence-electron chi connectivity index (χ3n) is 3.13. The Balaban J connectivity index is 2.18. The highest BCUT2D eigenvalue weighted by Gasteiger charge is 2.18. The molecular weight excluding hydrogens is 292 g/mol. The summed E-state index contributed by atoms with van der Waals surface area (Å²) in [6, 6.07) is 9.43. The molecule has 2 aromatic rings. The molecule has 3 N–H and O–H groups in total. The molecule has 0 bridgehead atoms. The molecule has 108 valence electrons. The van der Waals surface area contributed by atoms with Crippen LogP contribution in [0.25, 0.3) is 0 Å². The molecule has 4 nitrogen and oxygen atoms in total. The number of sulfonamides is 1. The van der Waals surface area contributed by atoms with Crippen LogP contribution in [0.4, 0.5) is 0 Å². The minimum absolute atomic E-state index is 0.236. The molecule has 0 atom stereocenters. The fraction of sp³-hybridized carbons (Fsp3) is 0.286. The lowest BCUT2D eigenvalue weighted by Crippen LogP contribution is -2.24. The number of hydrogen-bond acceptors (Lipinski definition) is 4. The Bertz CT molecular complexity index is 678. The van der Waals surface area contributed by atoms with Crippen molar-refractivity contribution in [3.63, 3.8) is 0 Å². The first kappa shape index (κ1) is 15.2. The summed E-state index contributed by atoms with van der Waals surface area (Å²) in [5.74, 6) is 0. The van der Waals surface area contributed by atoms with Gasteiger partial charge in [-0.1, -0.05) is 31.2 Å². The summed E-state index contributed by atoms with van der Waals surface area (Å²) < 4.78 is 27.2. The van der Waals surface area contributed by atoms with Crippen LogP contribution >= 0.6 is 11.3 Å². The average Bonchev–Trinajstić information content (AvgIpc) is 2.95. The van der Waals surface area contributed by atoms with Crippen molar-refractivity contribution in [3.05, 3.63) is 51.7 Å². The zero-order valence-electron chi connectivity index (χ0n) is 11.3. The summed E-state index contributed by atoms with van der Waals surface area (Å²) in [6.45, 7) is 2.59. The van der Waals surface area contributed by atoms with Gasteiger partial charge in [-0.15, -0.1) is 11.3 Å². The van der Waals surface area contributed by atoms with E-state index < -0.39 is 10.0 Å². The van der Waals surface area contributed by atoms with Gasteiger partial charge in [0.05, 0.1) is 4.90 Å².